The van der Waals surface area contributed by atoms with Gasteiger partial charge in [0.05, 0.1) is 0 Å². The maximum atomic E-state index is 13.4. The number of aliphatic imine (C=N–C) groups is 1. The number of benzene rings is 1. The van der Waals surface area contributed by atoms with Crippen molar-refractivity contribution in [2.75, 3.05) is 31.6 Å². The molecule has 0 amide bonds. The fourth-order valence-corrected chi connectivity index (χ4v) is 2.83. The lowest BCUT2D eigenvalue weighted by Crippen LogP contribution is -2.51. The van der Waals surface area contributed by atoms with Crippen molar-refractivity contribution < 1.29 is 4.39 Å². The Hall–Kier alpha value is -1.31. The van der Waals surface area contributed by atoms with Gasteiger partial charge in [0.1, 0.15) is 5.82 Å². The summed E-state index contributed by atoms with van der Waals surface area (Å²) >= 11 is 0. The smallest absolute Gasteiger partial charge is 0.191 e. The van der Waals surface area contributed by atoms with Gasteiger partial charge in [-0.25, -0.2) is 4.39 Å². The van der Waals surface area contributed by atoms with Crippen LogP contribution in [0.4, 0.5) is 10.1 Å². The minimum Gasteiger partial charge on any atom is -0.369 e. The number of halogens is 2. The Labute approximate surface area is 161 Å². The molecular weight excluding hydrogens is 418 g/mol. The van der Waals surface area contributed by atoms with Crippen LogP contribution in [-0.2, 0) is 0 Å². The summed E-state index contributed by atoms with van der Waals surface area (Å²) in [5.41, 5.74) is 0.951. The average Bonchev–Trinajstić information content (AvgIpc) is 2.58. The van der Waals surface area contributed by atoms with E-state index < -0.39 is 0 Å². The summed E-state index contributed by atoms with van der Waals surface area (Å²) in [6, 6.07) is 7.14. The summed E-state index contributed by atoms with van der Waals surface area (Å²) in [5, 5.41) is 6.80. The number of allylic oxidation sites excluding steroid dienone is 1. The van der Waals surface area contributed by atoms with E-state index >= 15 is 0 Å². The second kappa shape index (κ2) is 11.3. The molecule has 24 heavy (non-hydrogen) atoms. The van der Waals surface area contributed by atoms with E-state index in [-0.39, 0.29) is 29.8 Å². The first-order valence-corrected chi connectivity index (χ1v) is 8.31. The van der Waals surface area contributed by atoms with Crippen molar-refractivity contribution in [1.29, 1.82) is 0 Å². The number of anilines is 1. The van der Waals surface area contributed by atoms with Crippen LogP contribution in [0.25, 0.3) is 0 Å². The van der Waals surface area contributed by atoms with Crippen molar-refractivity contribution >= 4 is 35.6 Å². The molecule has 0 spiro atoms. The first-order valence-electron chi connectivity index (χ1n) is 8.31. The molecule has 1 heterocycles. The zero-order chi connectivity index (χ0) is 16.5. The lowest BCUT2D eigenvalue weighted by molar-refractivity contribution is 0.467. The largest absolute Gasteiger partial charge is 0.369 e. The Morgan fingerprint density at radius 2 is 2.29 bits per heavy atom. The molecule has 1 atom stereocenters. The quantitative estimate of drug-likeness (QED) is 0.239. The molecule has 0 saturated carbocycles. The SMILES string of the molecule is C/C=C/CCNC(=NC)NC1CCCN(c2cccc(F)c2)C1.I. The number of nitrogens with one attached hydrogen (secondary N) is 2. The third-order valence-corrected chi connectivity index (χ3v) is 4.00. The molecule has 6 heteroatoms. The molecule has 2 N–H and O–H groups in total. The molecule has 0 radical (unpaired) electrons. The molecule has 1 saturated heterocycles. The molecule has 1 aliphatic rings. The molecule has 0 aliphatic carbocycles. The number of guanidine groups is 1. The lowest BCUT2D eigenvalue weighted by atomic mass is 10.0. The molecule has 1 aliphatic heterocycles. The van der Waals surface area contributed by atoms with Crippen LogP contribution in [0.1, 0.15) is 26.2 Å². The molecule has 0 bridgehead atoms. The number of hydrogen-bond acceptors (Lipinski definition) is 2. The van der Waals surface area contributed by atoms with Crippen molar-refractivity contribution in [2.24, 2.45) is 4.99 Å². The van der Waals surface area contributed by atoms with Crippen LogP contribution in [0.3, 0.4) is 0 Å². The Bertz CT molecular complexity index is 548. The van der Waals surface area contributed by atoms with E-state index in [1.54, 1.807) is 19.2 Å². The van der Waals surface area contributed by atoms with Gasteiger partial charge in [0.15, 0.2) is 5.96 Å². The van der Waals surface area contributed by atoms with Crippen LogP contribution < -0.4 is 15.5 Å². The highest BCUT2D eigenvalue weighted by molar-refractivity contribution is 14.0. The first kappa shape index (κ1) is 20.7. The van der Waals surface area contributed by atoms with E-state index in [2.05, 4.69) is 32.7 Å². The van der Waals surface area contributed by atoms with Crippen molar-refractivity contribution in [3.05, 3.63) is 42.2 Å². The van der Waals surface area contributed by atoms with E-state index in [1.165, 1.54) is 6.07 Å². The predicted octanol–water partition coefficient (Wildman–Crippen LogP) is 3.54. The van der Waals surface area contributed by atoms with Gasteiger partial charge in [-0.3, -0.25) is 4.99 Å². The molecule has 1 fully saturated rings. The van der Waals surface area contributed by atoms with E-state index in [1.807, 2.05) is 13.0 Å². The van der Waals surface area contributed by atoms with Gasteiger partial charge < -0.3 is 15.5 Å². The van der Waals surface area contributed by atoms with Gasteiger partial charge >= 0.3 is 0 Å². The van der Waals surface area contributed by atoms with Gasteiger partial charge in [-0.2, -0.15) is 0 Å². The van der Waals surface area contributed by atoms with Crippen LogP contribution >= 0.6 is 24.0 Å². The zero-order valence-corrected chi connectivity index (χ0v) is 16.8. The van der Waals surface area contributed by atoms with E-state index in [0.29, 0.717) is 6.04 Å². The number of rotatable bonds is 5. The monoisotopic (exact) mass is 446 g/mol. The van der Waals surface area contributed by atoms with Gasteiger partial charge in [-0.15, -0.1) is 24.0 Å². The van der Waals surface area contributed by atoms with E-state index in [4.69, 9.17) is 0 Å². The molecule has 2 rings (SSSR count). The van der Waals surface area contributed by atoms with E-state index in [9.17, 15) is 4.39 Å². The molecule has 1 aromatic carbocycles. The average molecular weight is 446 g/mol. The van der Waals surface area contributed by atoms with E-state index in [0.717, 1.165) is 50.5 Å². The van der Waals surface area contributed by atoms with Crippen molar-refractivity contribution in [3.8, 4) is 0 Å². The number of hydrogen-bond donors (Lipinski definition) is 2. The Morgan fingerprint density at radius 3 is 3.00 bits per heavy atom. The molecule has 0 aromatic heterocycles. The number of nitrogens with zero attached hydrogens (tertiary/aromatic N) is 2. The fraction of sp³-hybridized carbons (Fsp3) is 0.500. The normalized spacial score (nSPS) is 18.4. The van der Waals surface area contributed by atoms with Crippen molar-refractivity contribution in [1.82, 2.24) is 10.6 Å². The minimum absolute atomic E-state index is 0. The van der Waals surface area contributed by atoms with Gasteiger partial charge in [0.25, 0.3) is 0 Å². The highest BCUT2D eigenvalue weighted by Gasteiger charge is 2.21. The van der Waals surface area contributed by atoms with Crippen LogP contribution in [0.5, 0.6) is 0 Å². The molecule has 1 unspecified atom stereocenters. The highest BCUT2D eigenvalue weighted by atomic mass is 127. The van der Waals surface area contributed by atoms with Crippen LogP contribution in [0, 0.1) is 5.82 Å². The summed E-state index contributed by atoms with van der Waals surface area (Å²) in [6.45, 7) is 4.72. The second-order valence-electron chi connectivity index (χ2n) is 5.77. The second-order valence-corrected chi connectivity index (χ2v) is 5.77. The summed E-state index contributed by atoms with van der Waals surface area (Å²) in [4.78, 5) is 6.52. The van der Waals surface area contributed by atoms with Crippen LogP contribution in [-0.4, -0.2) is 38.7 Å². The Kier molecular flexibility index (Phi) is 9.75. The molecule has 134 valence electrons. The summed E-state index contributed by atoms with van der Waals surface area (Å²) in [7, 11) is 1.79. The predicted molar refractivity (Wildman–Crippen MR) is 111 cm³/mol. The third kappa shape index (κ3) is 6.67. The van der Waals surface area contributed by atoms with Crippen LogP contribution in [0.15, 0.2) is 41.4 Å². The molecule has 4 nitrogen and oxygen atoms in total. The number of piperidine rings is 1. The maximum Gasteiger partial charge on any atom is 0.191 e. The van der Waals surface area contributed by atoms with Gasteiger partial charge in [-0.05, 0) is 44.4 Å². The summed E-state index contributed by atoms with van der Waals surface area (Å²) in [5.74, 6) is 0.652. The lowest BCUT2D eigenvalue weighted by Gasteiger charge is -2.35. The maximum absolute atomic E-state index is 13.4. The highest BCUT2D eigenvalue weighted by Crippen LogP contribution is 2.20. The van der Waals surface area contributed by atoms with Gasteiger partial charge in [0.2, 0.25) is 0 Å². The fourth-order valence-electron chi connectivity index (χ4n) is 2.83. The summed E-state index contributed by atoms with van der Waals surface area (Å²) in [6.07, 6.45) is 7.35. The Balaban J connectivity index is 0.00000288. The van der Waals surface area contributed by atoms with Gasteiger partial charge in [-0.1, -0.05) is 18.2 Å². The summed E-state index contributed by atoms with van der Waals surface area (Å²) < 4.78 is 13.4. The van der Waals surface area contributed by atoms with Crippen LogP contribution in [0.2, 0.25) is 0 Å². The van der Waals surface area contributed by atoms with Gasteiger partial charge in [0, 0.05) is 38.4 Å². The first-order chi connectivity index (χ1) is 11.2. The van der Waals surface area contributed by atoms with Crippen molar-refractivity contribution in [3.63, 3.8) is 0 Å². The topological polar surface area (TPSA) is 39.7 Å². The minimum atomic E-state index is -0.181. The standard InChI is InChI=1S/C18H27FN4.HI/c1-3-4-5-11-21-18(20-2)22-16-9-7-12-23(14-16)17-10-6-8-15(19)13-17;/h3-4,6,8,10,13,16H,5,7,9,11-12,14H2,1-2H3,(H2,20,21,22);1H/b4-3+;. The Morgan fingerprint density at radius 1 is 1.46 bits per heavy atom. The molecule has 1 aromatic rings. The zero-order valence-electron chi connectivity index (χ0n) is 14.5. The molecular formula is C18H28FIN4. The van der Waals surface area contributed by atoms with Crippen molar-refractivity contribution in [2.45, 2.75) is 32.2 Å². The third-order valence-electron chi connectivity index (χ3n) is 4.00.